The van der Waals surface area contributed by atoms with Gasteiger partial charge in [-0.25, -0.2) is 0 Å². The van der Waals surface area contributed by atoms with Crippen molar-refractivity contribution >= 4 is 85.9 Å². The first kappa shape index (κ1) is 26.9. The van der Waals surface area contributed by atoms with E-state index in [4.69, 9.17) is 0 Å². The molecule has 0 atom stereocenters. The molecule has 3 heterocycles. The van der Waals surface area contributed by atoms with Gasteiger partial charge in [-0.2, -0.15) is 0 Å². The van der Waals surface area contributed by atoms with E-state index in [1.54, 1.807) is 0 Å². The summed E-state index contributed by atoms with van der Waals surface area (Å²) in [5.41, 5.74) is 10.9. The number of H-pyrrole nitrogens is 1. The van der Waals surface area contributed by atoms with Gasteiger partial charge in [-0.1, -0.05) is 127 Å². The molecule has 0 fully saturated rings. The Morgan fingerprint density at radius 3 is 1.80 bits per heavy atom. The number of fused-ring (bicyclic) bond motifs is 13. The Balaban J connectivity index is 1.25. The van der Waals surface area contributed by atoms with Gasteiger partial charge in [-0.05, 0) is 64.0 Å². The van der Waals surface area contributed by atoms with Crippen molar-refractivity contribution in [3.8, 4) is 27.9 Å². The maximum Gasteiger partial charge on any atom is 0.0565 e. The third kappa shape index (κ3) is 3.88. The SMILES string of the molecule is c1ccc(-c2ccc(-n3c4cc(-c5ccccc5)ccc4c4cc5c(cc43)sc3c4ccccc4c4c6ccccc6[nH]c4c53)cc2)cc1. The molecule has 11 aromatic rings. The standard InChI is InChI=1S/C46H28N2S/c1-3-11-28(12-4-1)30-19-22-32(23-20-30)48-40-25-31(29-13-5-2-6-14-29)21-24-33(40)37-26-38-42(27-41(37)48)49-46-35-16-8-7-15-34(35)43-36-17-9-10-18-39(36)47-45(43)44(38)46/h1-27,47H. The van der Waals surface area contributed by atoms with Crippen LogP contribution in [-0.2, 0) is 0 Å². The molecule has 0 aliphatic rings. The minimum atomic E-state index is 1.16. The number of nitrogens with one attached hydrogen (secondary N) is 1. The smallest absolute Gasteiger partial charge is 0.0565 e. The van der Waals surface area contributed by atoms with Gasteiger partial charge >= 0.3 is 0 Å². The summed E-state index contributed by atoms with van der Waals surface area (Å²) in [6.45, 7) is 0. The molecule has 0 unspecified atom stereocenters. The number of nitrogens with zero attached hydrogens (tertiary/aromatic N) is 1. The molecule has 2 nitrogen and oxygen atoms in total. The van der Waals surface area contributed by atoms with E-state index in [-0.39, 0.29) is 0 Å². The van der Waals surface area contributed by atoms with Gasteiger partial charge in [0.2, 0.25) is 0 Å². The van der Waals surface area contributed by atoms with E-state index in [0.717, 1.165) is 5.69 Å². The largest absolute Gasteiger partial charge is 0.354 e. The topological polar surface area (TPSA) is 20.7 Å². The zero-order valence-electron chi connectivity index (χ0n) is 26.4. The second-order valence-electron chi connectivity index (χ2n) is 13.0. The highest BCUT2D eigenvalue weighted by molar-refractivity contribution is 7.27. The van der Waals surface area contributed by atoms with Crippen LogP contribution in [0.5, 0.6) is 0 Å². The fourth-order valence-corrected chi connectivity index (χ4v) is 9.34. The number of hydrogen-bond donors (Lipinski definition) is 1. The molecule has 0 saturated heterocycles. The number of rotatable bonds is 3. The van der Waals surface area contributed by atoms with Crippen molar-refractivity contribution in [2.24, 2.45) is 0 Å². The lowest BCUT2D eigenvalue weighted by Crippen LogP contribution is -1.94. The van der Waals surface area contributed by atoms with Crippen molar-refractivity contribution in [1.82, 2.24) is 9.55 Å². The van der Waals surface area contributed by atoms with Gasteiger partial charge in [0.1, 0.15) is 0 Å². The number of hydrogen-bond acceptors (Lipinski definition) is 1. The van der Waals surface area contributed by atoms with E-state index in [1.807, 2.05) is 11.3 Å². The molecule has 1 N–H and O–H groups in total. The van der Waals surface area contributed by atoms with Crippen LogP contribution in [0.15, 0.2) is 164 Å². The van der Waals surface area contributed by atoms with Gasteiger partial charge in [0.25, 0.3) is 0 Å². The fourth-order valence-electron chi connectivity index (χ4n) is 8.08. The van der Waals surface area contributed by atoms with Crippen molar-refractivity contribution < 1.29 is 0 Å². The van der Waals surface area contributed by atoms with Gasteiger partial charge in [-0.3, -0.25) is 0 Å². The zero-order valence-corrected chi connectivity index (χ0v) is 27.3. The summed E-state index contributed by atoms with van der Waals surface area (Å²) < 4.78 is 5.10. The average molecular weight is 641 g/mol. The van der Waals surface area contributed by atoms with Crippen LogP contribution < -0.4 is 0 Å². The minimum absolute atomic E-state index is 1.16. The molecular formula is C46H28N2S. The Morgan fingerprint density at radius 1 is 0.408 bits per heavy atom. The van der Waals surface area contributed by atoms with Crippen LogP contribution in [0.3, 0.4) is 0 Å². The third-order valence-electron chi connectivity index (χ3n) is 10.3. The van der Waals surface area contributed by atoms with Crippen LogP contribution in [0.2, 0.25) is 0 Å². The van der Waals surface area contributed by atoms with E-state index in [9.17, 15) is 0 Å². The molecule has 0 saturated carbocycles. The lowest BCUT2D eigenvalue weighted by molar-refractivity contribution is 1.18. The molecule has 0 bridgehead atoms. The molecule has 228 valence electrons. The Bertz CT molecular complexity index is 3070. The van der Waals surface area contributed by atoms with Crippen LogP contribution in [0.1, 0.15) is 0 Å². The van der Waals surface area contributed by atoms with Crippen LogP contribution >= 0.6 is 11.3 Å². The van der Waals surface area contributed by atoms with Crippen LogP contribution in [0.25, 0.3) is 102 Å². The first-order valence-electron chi connectivity index (χ1n) is 16.8. The highest BCUT2D eigenvalue weighted by Gasteiger charge is 2.21. The molecule has 11 rings (SSSR count). The number of aromatic amines is 1. The van der Waals surface area contributed by atoms with Gasteiger partial charge in [0.15, 0.2) is 0 Å². The summed E-state index contributed by atoms with van der Waals surface area (Å²) in [7, 11) is 0. The first-order valence-corrected chi connectivity index (χ1v) is 17.6. The summed E-state index contributed by atoms with van der Waals surface area (Å²) in [5.74, 6) is 0. The normalized spacial score (nSPS) is 12.1. The van der Waals surface area contributed by atoms with E-state index in [0.29, 0.717) is 0 Å². The predicted molar refractivity (Wildman–Crippen MR) is 211 cm³/mol. The summed E-state index contributed by atoms with van der Waals surface area (Å²) in [6, 6.07) is 59.9. The molecule has 0 aliphatic heterocycles. The van der Waals surface area contributed by atoms with Gasteiger partial charge < -0.3 is 9.55 Å². The molecule has 0 radical (unpaired) electrons. The zero-order chi connectivity index (χ0) is 32.1. The first-order chi connectivity index (χ1) is 24.3. The van der Waals surface area contributed by atoms with Crippen LogP contribution in [0, 0.1) is 0 Å². The molecule has 3 heteroatoms. The molecule has 49 heavy (non-hydrogen) atoms. The van der Waals surface area contributed by atoms with Crippen molar-refractivity contribution in [1.29, 1.82) is 0 Å². The van der Waals surface area contributed by atoms with Crippen molar-refractivity contribution in [2.45, 2.75) is 0 Å². The number of thiophene rings is 1. The number of aromatic nitrogens is 2. The molecule has 3 aromatic heterocycles. The average Bonchev–Trinajstić information content (AvgIpc) is 3.84. The molecule has 0 amide bonds. The van der Waals surface area contributed by atoms with Gasteiger partial charge in [-0.15, -0.1) is 11.3 Å². The minimum Gasteiger partial charge on any atom is -0.354 e. The summed E-state index contributed by atoms with van der Waals surface area (Å²) in [4.78, 5) is 3.85. The Labute approximate surface area is 286 Å². The van der Waals surface area contributed by atoms with Gasteiger partial charge in [0, 0.05) is 58.3 Å². The lowest BCUT2D eigenvalue weighted by Gasteiger charge is -2.10. The molecule has 0 spiro atoms. The number of benzene rings is 8. The highest BCUT2D eigenvalue weighted by atomic mass is 32.1. The maximum atomic E-state index is 3.85. The Hall–Kier alpha value is -6.16. The Kier molecular flexibility index (Phi) is 5.57. The second-order valence-corrected chi connectivity index (χ2v) is 14.0. The summed E-state index contributed by atoms with van der Waals surface area (Å²) >= 11 is 1.91. The Morgan fingerprint density at radius 2 is 1.02 bits per heavy atom. The summed E-state index contributed by atoms with van der Waals surface area (Å²) in [6.07, 6.45) is 0. The molecule has 0 aliphatic carbocycles. The van der Waals surface area contributed by atoms with Gasteiger partial charge in [0.05, 0.1) is 16.6 Å². The van der Waals surface area contributed by atoms with E-state index in [1.165, 1.54) is 96.8 Å². The number of para-hydroxylation sites is 1. The van der Waals surface area contributed by atoms with Crippen LogP contribution in [-0.4, -0.2) is 9.55 Å². The van der Waals surface area contributed by atoms with Crippen LogP contribution in [0.4, 0.5) is 0 Å². The monoisotopic (exact) mass is 640 g/mol. The maximum absolute atomic E-state index is 3.85. The molecular weight excluding hydrogens is 613 g/mol. The summed E-state index contributed by atoms with van der Waals surface area (Å²) in [5, 5.41) is 10.4. The second kappa shape index (κ2) is 10.2. The van der Waals surface area contributed by atoms with E-state index in [2.05, 4.69) is 173 Å². The molecule has 8 aromatic carbocycles. The van der Waals surface area contributed by atoms with E-state index < -0.39 is 0 Å². The van der Waals surface area contributed by atoms with Crippen molar-refractivity contribution in [3.05, 3.63) is 164 Å². The van der Waals surface area contributed by atoms with Crippen molar-refractivity contribution in [2.75, 3.05) is 0 Å². The highest BCUT2D eigenvalue weighted by Crippen LogP contribution is 2.48. The quantitative estimate of drug-likeness (QED) is 0.198. The fraction of sp³-hybridized carbons (Fsp3) is 0. The predicted octanol–water partition coefficient (Wildman–Crippen LogP) is 13.3. The van der Waals surface area contributed by atoms with Crippen molar-refractivity contribution in [3.63, 3.8) is 0 Å². The third-order valence-corrected chi connectivity index (χ3v) is 11.5. The lowest BCUT2D eigenvalue weighted by atomic mass is 9.99. The van der Waals surface area contributed by atoms with E-state index >= 15 is 0 Å².